The van der Waals surface area contributed by atoms with Crippen molar-refractivity contribution in [2.75, 3.05) is 6.61 Å². The molecule has 0 unspecified atom stereocenters. The van der Waals surface area contributed by atoms with Crippen LogP contribution in [0.25, 0.3) is 0 Å². The van der Waals surface area contributed by atoms with E-state index in [2.05, 4.69) is 26.5 Å². The molecule has 3 aromatic rings. The Morgan fingerprint density at radius 3 is 2.61 bits per heavy atom. The Morgan fingerprint density at radius 1 is 1.10 bits per heavy atom. The van der Waals surface area contributed by atoms with Gasteiger partial charge in [0, 0.05) is 15.1 Å². The highest BCUT2D eigenvalue weighted by Crippen LogP contribution is 2.23. The number of aryl methyl sites for hydroxylation is 1. The monoisotopic (exact) mass is 500 g/mol. The Labute approximate surface area is 193 Å². The second-order valence-electron chi connectivity index (χ2n) is 6.48. The molecule has 0 aliphatic rings. The van der Waals surface area contributed by atoms with Gasteiger partial charge < -0.3 is 9.47 Å². The fraction of sp³-hybridized carbons (Fsp3) is 0.0870. The minimum Gasteiger partial charge on any atom is -0.484 e. The van der Waals surface area contributed by atoms with Gasteiger partial charge in [0.25, 0.3) is 5.91 Å². The summed E-state index contributed by atoms with van der Waals surface area (Å²) in [6.07, 6.45) is 1.39. The average molecular weight is 502 g/mol. The molecule has 158 valence electrons. The standard InChI is InChI=1S/C23H18BrClN2O4/c1-15-5-7-16(8-6-15)23(29)31-21-10-9-18(24)11-17(21)13-26-27-22(28)14-30-20-4-2-3-19(25)12-20/h2-13H,14H2,1H3,(H,27,28)/b26-13+. The third-order valence-corrected chi connectivity index (χ3v) is 4.75. The van der Waals surface area contributed by atoms with Crippen molar-refractivity contribution in [2.45, 2.75) is 6.92 Å². The number of ether oxygens (including phenoxy) is 2. The normalized spacial score (nSPS) is 10.7. The van der Waals surface area contributed by atoms with Gasteiger partial charge in [0.1, 0.15) is 11.5 Å². The highest BCUT2D eigenvalue weighted by atomic mass is 79.9. The fourth-order valence-corrected chi connectivity index (χ4v) is 3.03. The first-order valence-electron chi connectivity index (χ1n) is 9.19. The molecule has 0 spiro atoms. The van der Waals surface area contributed by atoms with E-state index >= 15 is 0 Å². The molecule has 0 fully saturated rings. The molecule has 0 bridgehead atoms. The van der Waals surface area contributed by atoms with E-state index in [-0.39, 0.29) is 6.61 Å². The number of hydrazone groups is 1. The molecule has 0 saturated heterocycles. The van der Waals surface area contributed by atoms with E-state index in [1.54, 1.807) is 54.6 Å². The van der Waals surface area contributed by atoms with Gasteiger partial charge in [0.2, 0.25) is 0 Å². The average Bonchev–Trinajstić information content (AvgIpc) is 2.74. The quantitative estimate of drug-likeness (QED) is 0.210. The Bertz CT molecular complexity index is 1120. The number of nitrogens with zero attached hydrogens (tertiary/aromatic N) is 1. The number of hydrogen-bond acceptors (Lipinski definition) is 5. The molecule has 0 heterocycles. The lowest BCUT2D eigenvalue weighted by atomic mass is 10.1. The first-order chi connectivity index (χ1) is 14.9. The predicted octanol–water partition coefficient (Wildman–Crippen LogP) is 5.16. The molecule has 0 saturated carbocycles. The van der Waals surface area contributed by atoms with Crippen LogP contribution in [-0.2, 0) is 4.79 Å². The van der Waals surface area contributed by atoms with Crippen LogP contribution in [0, 0.1) is 6.92 Å². The minimum absolute atomic E-state index is 0.231. The number of carbonyl (C=O) groups is 2. The van der Waals surface area contributed by atoms with Crippen molar-refractivity contribution in [3.05, 3.63) is 92.9 Å². The Hall–Kier alpha value is -3.16. The summed E-state index contributed by atoms with van der Waals surface area (Å²) in [5.41, 5.74) is 4.35. The van der Waals surface area contributed by atoms with Crippen LogP contribution in [0.4, 0.5) is 0 Å². The maximum atomic E-state index is 12.4. The molecule has 0 atom stereocenters. The number of rotatable bonds is 7. The Kier molecular flexibility index (Phi) is 7.81. The fourth-order valence-electron chi connectivity index (χ4n) is 2.47. The third kappa shape index (κ3) is 6.94. The van der Waals surface area contributed by atoms with Gasteiger partial charge in [-0.05, 0) is 55.5 Å². The van der Waals surface area contributed by atoms with Crippen molar-refractivity contribution in [3.63, 3.8) is 0 Å². The molecular formula is C23H18BrClN2O4. The van der Waals surface area contributed by atoms with E-state index in [9.17, 15) is 9.59 Å². The smallest absolute Gasteiger partial charge is 0.343 e. The number of hydrogen-bond donors (Lipinski definition) is 1. The van der Waals surface area contributed by atoms with Crippen molar-refractivity contribution in [1.82, 2.24) is 5.43 Å². The van der Waals surface area contributed by atoms with Gasteiger partial charge in [-0.25, -0.2) is 10.2 Å². The number of amides is 1. The molecule has 31 heavy (non-hydrogen) atoms. The lowest BCUT2D eigenvalue weighted by Crippen LogP contribution is -2.24. The van der Waals surface area contributed by atoms with E-state index in [0.29, 0.717) is 27.6 Å². The van der Waals surface area contributed by atoms with Crippen molar-refractivity contribution in [1.29, 1.82) is 0 Å². The zero-order valence-corrected chi connectivity index (χ0v) is 18.8. The molecular weight excluding hydrogens is 484 g/mol. The topological polar surface area (TPSA) is 77.0 Å². The van der Waals surface area contributed by atoms with Crippen LogP contribution in [0.15, 0.2) is 76.3 Å². The zero-order chi connectivity index (χ0) is 22.2. The van der Waals surface area contributed by atoms with Gasteiger partial charge in [-0.1, -0.05) is 51.3 Å². The lowest BCUT2D eigenvalue weighted by molar-refractivity contribution is -0.123. The molecule has 3 rings (SSSR count). The van der Waals surface area contributed by atoms with Gasteiger partial charge in [-0.3, -0.25) is 4.79 Å². The van der Waals surface area contributed by atoms with Crippen LogP contribution < -0.4 is 14.9 Å². The zero-order valence-electron chi connectivity index (χ0n) is 16.5. The van der Waals surface area contributed by atoms with Crippen molar-refractivity contribution >= 4 is 45.6 Å². The molecule has 0 aromatic heterocycles. The molecule has 0 radical (unpaired) electrons. The lowest BCUT2D eigenvalue weighted by Gasteiger charge is -2.08. The summed E-state index contributed by atoms with van der Waals surface area (Å²) in [7, 11) is 0. The molecule has 1 N–H and O–H groups in total. The van der Waals surface area contributed by atoms with E-state index in [1.807, 2.05) is 19.1 Å². The highest BCUT2D eigenvalue weighted by molar-refractivity contribution is 9.10. The largest absolute Gasteiger partial charge is 0.484 e. The number of halogens is 2. The molecule has 0 aliphatic heterocycles. The first kappa shape index (κ1) is 22.5. The number of carbonyl (C=O) groups excluding carboxylic acids is 2. The summed E-state index contributed by atoms with van der Waals surface area (Å²) in [4.78, 5) is 24.4. The van der Waals surface area contributed by atoms with E-state index in [1.165, 1.54) is 6.21 Å². The maximum absolute atomic E-state index is 12.4. The van der Waals surface area contributed by atoms with Gasteiger partial charge in [-0.15, -0.1) is 0 Å². The molecule has 0 aliphatic carbocycles. The van der Waals surface area contributed by atoms with Crippen molar-refractivity contribution in [2.24, 2.45) is 5.10 Å². The van der Waals surface area contributed by atoms with Gasteiger partial charge in [0.05, 0.1) is 11.8 Å². The second-order valence-corrected chi connectivity index (χ2v) is 7.83. The summed E-state index contributed by atoms with van der Waals surface area (Å²) in [5.74, 6) is -0.161. The van der Waals surface area contributed by atoms with Gasteiger partial charge >= 0.3 is 5.97 Å². The summed E-state index contributed by atoms with van der Waals surface area (Å²) < 4.78 is 11.6. The Balaban J connectivity index is 1.61. The third-order valence-electron chi connectivity index (χ3n) is 4.02. The van der Waals surface area contributed by atoms with E-state index in [4.69, 9.17) is 21.1 Å². The summed E-state index contributed by atoms with van der Waals surface area (Å²) in [5, 5.41) is 4.43. The molecule has 8 heteroatoms. The van der Waals surface area contributed by atoms with Crippen LogP contribution in [0.2, 0.25) is 5.02 Å². The summed E-state index contributed by atoms with van der Waals surface area (Å²) in [6.45, 7) is 1.71. The maximum Gasteiger partial charge on any atom is 0.343 e. The van der Waals surface area contributed by atoms with Crippen LogP contribution in [0.3, 0.4) is 0 Å². The van der Waals surface area contributed by atoms with Crippen molar-refractivity contribution < 1.29 is 19.1 Å². The van der Waals surface area contributed by atoms with Gasteiger partial charge in [0.15, 0.2) is 6.61 Å². The Morgan fingerprint density at radius 2 is 1.87 bits per heavy atom. The second kappa shape index (κ2) is 10.7. The highest BCUT2D eigenvalue weighted by Gasteiger charge is 2.11. The van der Waals surface area contributed by atoms with Crippen LogP contribution in [-0.4, -0.2) is 24.7 Å². The molecule has 6 nitrogen and oxygen atoms in total. The number of nitrogens with one attached hydrogen (secondary N) is 1. The van der Waals surface area contributed by atoms with E-state index < -0.39 is 11.9 Å². The first-order valence-corrected chi connectivity index (χ1v) is 10.4. The summed E-state index contributed by atoms with van der Waals surface area (Å²) in [6, 6.07) is 18.9. The van der Waals surface area contributed by atoms with Crippen LogP contribution in [0.5, 0.6) is 11.5 Å². The SMILES string of the molecule is Cc1ccc(C(=O)Oc2ccc(Br)cc2/C=N/NC(=O)COc2cccc(Cl)c2)cc1. The van der Waals surface area contributed by atoms with Crippen LogP contribution in [0.1, 0.15) is 21.5 Å². The summed E-state index contributed by atoms with van der Waals surface area (Å²) >= 11 is 9.25. The number of benzene rings is 3. The molecule has 1 amide bonds. The van der Waals surface area contributed by atoms with Crippen LogP contribution >= 0.6 is 27.5 Å². The predicted molar refractivity (Wildman–Crippen MR) is 123 cm³/mol. The number of esters is 1. The van der Waals surface area contributed by atoms with E-state index in [0.717, 1.165) is 10.0 Å². The molecule has 3 aromatic carbocycles. The minimum atomic E-state index is -0.490. The van der Waals surface area contributed by atoms with Gasteiger partial charge in [-0.2, -0.15) is 5.10 Å². The van der Waals surface area contributed by atoms with Crippen molar-refractivity contribution in [3.8, 4) is 11.5 Å².